The molecule has 0 spiro atoms. The van der Waals surface area contributed by atoms with Gasteiger partial charge in [-0.3, -0.25) is 4.90 Å². The minimum absolute atomic E-state index is 0.451. The van der Waals surface area contributed by atoms with Gasteiger partial charge in [0.25, 0.3) is 0 Å². The fraction of sp³-hybridized carbons (Fsp3) is 0.812. The second kappa shape index (κ2) is 5.95. The van der Waals surface area contributed by atoms with Crippen LogP contribution in [0.4, 0.5) is 0 Å². The first-order chi connectivity index (χ1) is 10.3. The standard InChI is InChI=1S/C16H25N3OS/c1-20-15-4-6-19(11-16-17-5-7-21-16)14-10-18(9-13(14)15)8-12-2-3-12/h5,7,12-15H,2-4,6,8-11H2,1H3/t13-,14+,15-/m0/s1. The highest BCUT2D eigenvalue weighted by molar-refractivity contribution is 7.09. The SMILES string of the molecule is CO[C@H]1CCN(Cc2nccs2)[C@@H]2CN(CC3CC3)C[C@H]12. The quantitative estimate of drug-likeness (QED) is 0.833. The zero-order valence-electron chi connectivity index (χ0n) is 12.8. The summed E-state index contributed by atoms with van der Waals surface area (Å²) in [5.74, 6) is 1.67. The summed E-state index contributed by atoms with van der Waals surface area (Å²) in [4.78, 5) is 9.83. The van der Waals surface area contributed by atoms with Crippen LogP contribution in [0.2, 0.25) is 0 Å². The minimum atomic E-state index is 0.451. The third-order valence-corrected chi connectivity index (χ3v) is 6.16. The second-order valence-electron chi connectivity index (χ2n) is 6.85. The lowest BCUT2D eigenvalue weighted by molar-refractivity contribution is -0.0245. The molecular formula is C16H25N3OS. The molecule has 0 amide bonds. The predicted molar refractivity (Wildman–Crippen MR) is 84.4 cm³/mol. The van der Waals surface area contributed by atoms with E-state index in [-0.39, 0.29) is 0 Å². The highest BCUT2D eigenvalue weighted by atomic mass is 32.1. The van der Waals surface area contributed by atoms with E-state index in [2.05, 4.69) is 20.2 Å². The summed E-state index contributed by atoms with van der Waals surface area (Å²) in [6.45, 7) is 5.94. The van der Waals surface area contributed by atoms with Gasteiger partial charge in [-0.1, -0.05) is 0 Å². The number of nitrogens with zero attached hydrogens (tertiary/aromatic N) is 3. The van der Waals surface area contributed by atoms with Crippen LogP contribution in [-0.4, -0.2) is 60.2 Å². The summed E-state index contributed by atoms with van der Waals surface area (Å²) in [6, 6.07) is 0.659. The average molecular weight is 307 g/mol. The maximum atomic E-state index is 5.79. The Kier molecular flexibility index (Phi) is 4.00. The molecule has 3 atom stereocenters. The van der Waals surface area contributed by atoms with Crippen molar-refractivity contribution in [3.05, 3.63) is 16.6 Å². The molecule has 0 N–H and O–H groups in total. The van der Waals surface area contributed by atoms with Crippen LogP contribution in [0.15, 0.2) is 11.6 Å². The van der Waals surface area contributed by atoms with Gasteiger partial charge in [0.2, 0.25) is 0 Å². The topological polar surface area (TPSA) is 28.6 Å². The maximum Gasteiger partial charge on any atom is 0.107 e. The van der Waals surface area contributed by atoms with Crippen molar-refractivity contribution in [1.29, 1.82) is 0 Å². The van der Waals surface area contributed by atoms with Crippen LogP contribution in [-0.2, 0) is 11.3 Å². The molecule has 1 aromatic heterocycles. The Bertz CT molecular complexity index is 462. The Labute approximate surface area is 131 Å². The van der Waals surface area contributed by atoms with Gasteiger partial charge in [0.1, 0.15) is 5.01 Å². The average Bonchev–Trinajstić information content (AvgIpc) is 2.99. The summed E-state index contributed by atoms with van der Waals surface area (Å²) in [5, 5.41) is 3.34. The number of hydrogen-bond acceptors (Lipinski definition) is 5. The van der Waals surface area contributed by atoms with Crippen molar-refractivity contribution in [2.75, 3.05) is 33.3 Å². The Morgan fingerprint density at radius 1 is 1.33 bits per heavy atom. The van der Waals surface area contributed by atoms with Gasteiger partial charge in [-0.25, -0.2) is 4.98 Å². The van der Waals surface area contributed by atoms with Crippen LogP contribution >= 0.6 is 11.3 Å². The lowest BCUT2D eigenvalue weighted by Gasteiger charge is -2.40. The molecule has 3 fully saturated rings. The Morgan fingerprint density at radius 2 is 2.24 bits per heavy atom. The summed E-state index contributed by atoms with van der Waals surface area (Å²) in [5.41, 5.74) is 0. The molecule has 4 rings (SSSR count). The third kappa shape index (κ3) is 3.02. The van der Waals surface area contributed by atoms with E-state index in [4.69, 9.17) is 4.74 Å². The fourth-order valence-corrected chi connectivity index (χ4v) is 4.77. The van der Waals surface area contributed by atoms with Gasteiger partial charge >= 0.3 is 0 Å². The van der Waals surface area contributed by atoms with Crippen molar-refractivity contribution in [3.8, 4) is 0 Å². The summed E-state index contributed by atoms with van der Waals surface area (Å²) in [6.07, 6.45) is 6.44. The zero-order chi connectivity index (χ0) is 14.2. The Balaban J connectivity index is 1.45. The molecule has 2 saturated heterocycles. The van der Waals surface area contributed by atoms with Crippen LogP contribution in [0.5, 0.6) is 0 Å². The van der Waals surface area contributed by atoms with Crippen molar-refractivity contribution >= 4 is 11.3 Å². The first kappa shape index (κ1) is 14.1. The van der Waals surface area contributed by atoms with Crippen molar-refractivity contribution in [3.63, 3.8) is 0 Å². The highest BCUT2D eigenvalue weighted by Gasteiger charge is 2.45. The normalized spacial score (nSPS) is 34.2. The van der Waals surface area contributed by atoms with E-state index in [1.165, 1.54) is 43.9 Å². The van der Waals surface area contributed by atoms with Crippen molar-refractivity contribution in [2.45, 2.75) is 38.0 Å². The largest absolute Gasteiger partial charge is 0.381 e. The molecule has 0 aromatic carbocycles. The van der Waals surface area contributed by atoms with E-state index in [1.54, 1.807) is 11.3 Å². The molecule has 1 saturated carbocycles. The second-order valence-corrected chi connectivity index (χ2v) is 7.83. The Hall–Kier alpha value is -0.490. The first-order valence-corrected chi connectivity index (χ1v) is 9.09. The van der Waals surface area contributed by atoms with Crippen molar-refractivity contribution in [1.82, 2.24) is 14.8 Å². The van der Waals surface area contributed by atoms with Gasteiger partial charge in [0.15, 0.2) is 0 Å². The van der Waals surface area contributed by atoms with Gasteiger partial charge < -0.3 is 9.64 Å². The lowest BCUT2D eigenvalue weighted by atomic mass is 9.89. The smallest absolute Gasteiger partial charge is 0.107 e. The van der Waals surface area contributed by atoms with E-state index in [0.717, 1.165) is 19.0 Å². The zero-order valence-corrected chi connectivity index (χ0v) is 13.6. The Morgan fingerprint density at radius 3 is 2.95 bits per heavy atom. The number of likely N-dealkylation sites (tertiary alicyclic amines) is 2. The molecule has 116 valence electrons. The molecule has 0 bridgehead atoms. The lowest BCUT2D eigenvalue weighted by Crippen LogP contribution is -2.50. The third-order valence-electron chi connectivity index (χ3n) is 5.39. The molecule has 1 aromatic rings. The number of piperidine rings is 1. The number of methoxy groups -OCH3 is 1. The monoisotopic (exact) mass is 307 g/mol. The number of rotatable bonds is 5. The van der Waals surface area contributed by atoms with Crippen molar-refractivity contribution in [2.24, 2.45) is 11.8 Å². The van der Waals surface area contributed by atoms with E-state index < -0.39 is 0 Å². The minimum Gasteiger partial charge on any atom is -0.381 e. The summed E-state index contributed by atoms with van der Waals surface area (Å²) >= 11 is 1.78. The van der Waals surface area contributed by atoms with E-state index in [0.29, 0.717) is 18.1 Å². The molecule has 4 nitrogen and oxygen atoms in total. The van der Waals surface area contributed by atoms with Crippen LogP contribution < -0.4 is 0 Å². The number of ether oxygens (including phenoxy) is 1. The van der Waals surface area contributed by atoms with Crippen LogP contribution in [0, 0.1) is 11.8 Å². The fourth-order valence-electron chi connectivity index (χ4n) is 4.13. The van der Waals surface area contributed by atoms with Crippen LogP contribution in [0.3, 0.4) is 0 Å². The number of hydrogen-bond donors (Lipinski definition) is 0. The molecule has 5 heteroatoms. The van der Waals surface area contributed by atoms with Gasteiger partial charge in [0, 0.05) is 56.8 Å². The van der Waals surface area contributed by atoms with Crippen LogP contribution in [0.25, 0.3) is 0 Å². The first-order valence-electron chi connectivity index (χ1n) is 8.21. The summed E-state index contributed by atoms with van der Waals surface area (Å²) < 4.78 is 5.79. The van der Waals surface area contributed by atoms with Gasteiger partial charge in [0.05, 0.1) is 12.6 Å². The van der Waals surface area contributed by atoms with E-state index in [1.807, 2.05) is 13.3 Å². The molecule has 2 aliphatic heterocycles. The highest BCUT2D eigenvalue weighted by Crippen LogP contribution is 2.36. The summed E-state index contributed by atoms with van der Waals surface area (Å²) in [7, 11) is 1.89. The number of aromatic nitrogens is 1. The maximum absolute atomic E-state index is 5.79. The number of fused-ring (bicyclic) bond motifs is 1. The number of thiazole rings is 1. The molecule has 0 radical (unpaired) electrons. The predicted octanol–water partition coefficient (Wildman–Crippen LogP) is 2.07. The van der Waals surface area contributed by atoms with E-state index in [9.17, 15) is 0 Å². The van der Waals surface area contributed by atoms with Crippen LogP contribution in [0.1, 0.15) is 24.3 Å². The van der Waals surface area contributed by atoms with Crippen molar-refractivity contribution < 1.29 is 4.74 Å². The molecule has 1 aliphatic carbocycles. The molecule has 3 heterocycles. The molecule has 0 unspecified atom stereocenters. The molecule has 3 aliphatic rings. The van der Waals surface area contributed by atoms with E-state index >= 15 is 0 Å². The molecule has 21 heavy (non-hydrogen) atoms. The van der Waals surface area contributed by atoms with Gasteiger partial charge in [-0.15, -0.1) is 11.3 Å². The van der Waals surface area contributed by atoms with Gasteiger partial charge in [-0.05, 0) is 25.2 Å². The molecular weight excluding hydrogens is 282 g/mol. The van der Waals surface area contributed by atoms with Gasteiger partial charge in [-0.2, -0.15) is 0 Å².